The van der Waals surface area contributed by atoms with Gasteiger partial charge in [0, 0.05) is 18.1 Å². The summed E-state index contributed by atoms with van der Waals surface area (Å²) in [5.74, 6) is 0. The molecular weight excluding hydrogens is 366 g/mol. The van der Waals surface area contributed by atoms with E-state index in [1.165, 1.54) is 10.9 Å². The number of pyridine rings is 2. The second kappa shape index (κ2) is 7.94. The van der Waals surface area contributed by atoms with Crippen LogP contribution in [-0.4, -0.2) is 25.9 Å². The van der Waals surface area contributed by atoms with E-state index < -0.39 is 15.8 Å². The predicted octanol–water partition coefficient (Wildman–Crippen LogP) is 5.81. The molecule has 27 heavy (non-hydrogen) atoms. The molecule has 0 aromatic carbocycles. The molecule has 1 aliphatic rings. The van der Waals surface area contributed by atoms with Crippen molar-refractivity contribution < 1.29 is 0 Å². The molecule has 0 aliphatic heterocycles. The molecule has 0 spiro atoms. The molecule has 2 heterocycles. The lowest BCUT2D eigenvalue weighted by Crippen LogP contribution is -2.31. The molecule has 0 saturated heterocycles. The van der Waals surface area contributed by atoms with E-state index in [-0.39, 0.29) is 10.3 Å². The summed E-state index contributed by atoms with van der Waals surface area (Å²) in [6, 6.07) is 12.7. The molecule has 0 bridgehead atoms. The minimum atomic E-state index is -0.531. The minimum absolute atomic E-state index is 0.156. The maximum absolute atomic E-state index is 4.78. The molecule has 1 aliphatic carbocycles. The normalized spacial score (nSPS) is 19.6. The van der Waals surface area contributed by atoms with E-state index in [9.17, 15) is 0 Å². The smallest absolute Gasteiger partial charge is 0.0678 e. The van der Waals surface area contributed by atoms with Crippen LogP contribution >= 0.6 is 15.8 Å². The van der Waals surface area contributed by atoms with Crippen molar-refractivity contribution in [1.82, 2.24) is 9.97 Å². The van der Waals surface area contributed by atoms with Crippen LogP contribution in [0.5, 0.6) is 0 Å². The van der Waals surface area contributed by atoms with Gasteiger partial charge in [-0.25, -0.2) is 0 Å². The van der Waals surface area contributed by atoms with Crippen LogP contribution < -0.4 is 10.9 Å². The van der Waals surface area contributed by atoms with Crippen LogP contribution in [0.3, 0.4) is 0 Å². The first-order valence-electron chi connectivity index (χ1n) is 9.49. The van der Waals surface area contributed by atoms with Crippen LogP contribution in [0.15, 0.2) is 72.3 Å². The summed E-state index contributed by atoms with van der Waals surface area (Å²) in [6.45, 7) is 14.1. The molecule has 3 rings (SSSR count). The van der Waals surface area contributed by atoms with Gasteiger partial charge in [0.25, 0.3) is 0 Å². The molecule has 0 fully saturated rings. The van der Waals surface area contributed by atoms with Gasteiger partial charge in [0.15, 0.2) is 0 Å². The van der Waals surface area contributed by atoms with Crippen molar-refractivity contribution in [3.8, 4) is 0 Å². The lowest BCUT2D eigenvalue weighted by Gasteiger charge is -2.41. The molecule has 3 unspecified atom stereocenters. The summed E-state index contributed by atoms with van der Waals surface area (Å²) >= 11 is 0. The van der Waals surface area contributed by atoms with Crippen LogP contribution in [0.1, 0.15) is 41.5 Å². The van der Waals surface area contributed by atoms with Gasteiger partial charge in [-0.05, 0) is 55.7 Å². The predicted molar refractivity (Wildman–Crippen MR) is 122 cm³/mol. The first kappa shape index (κ1) is 20.4. The molecule has 2 aromatic heterocycles. The van der Waals surface area contributed by atoms with E-state index in [4.69, 9.17) is 9.97 Å². The highest BCUT2D eigenvalue weighted by Crippen LogP contribution is 2.65. The topological polar surface area (TPSA) is 25.8 Å². The zero-order valence-corrected chi connectivity index (χ0v) is 19.0. The summed E-state index contributed by atoms with van der Waals surface area (Å²) in [6.07, 6.45) is 10.9. The van der Waals surface area contributed by atoms with Crippen molar-refractivity contribution in [2.45, 2.75) is 57.5 Å². The Kier molecular flexibility index (Phi) is 5.99. The molecule has 142 valence electrons. The standard InChI is InChI=1S/C23H30N2P2/c1-22(2,3)26(20-14-7-9-16-24-20)18-12-11-13-19(18)27(23(4,5)6)21-15-8-10-17-25-21/h7-18H,1-6H3. The van der Waals surface area contributed by atoms with E-state index in [0.29, 0.717) is 5.66 Å². The van der Waals surface area contributed by atoms with Gasteiger partial charge >= 0.3 is 0 Å². The van der Waals surface area contributed by atoms with Crippen molar-refractivity contribution in [1.29, 1.82) is 0 Å². The van der Waals surface area contributed by atoms with Gasteiger partial charge < -0.3 is 0 Å². The van der Waals surface area contributed by atoms with E-state index in [0.717, 1.165) is 0 Å². The number of nitrogens with zero attached hydrogens (tertiary/aromatic N) is 2. The summed E-state index contributed by atoms with van der Waals surface area (Å²) in [7, 11) is -1.02. The quantitative estimate of drug-likeness (QED) is 0.610. The van der Waals surface area contributed by atoms with Gasteiger partial charge in [0.2, 0.25) is 0 Å². The third kappa shape index (κ3) is 4.56. The van der Waals surface area contributed by atoms with Gasteiger partial charge in [-0.1, -0.05) is 71.9 Å². The van der Waals surface area contributed by atoms with Gasteiger partial charge in [-0.3, -0.25) is 9.97 Å². The Morgan fingerprint density at radius 3 is 1.85 bits per heavy atom. The van der Waals surface area contributed by atoms with Crippen molar-refractivity contribution >= 4 is 26.7 Å². The van der Waals surface area contributed by atoms with Crippen LogP contribution in [0.2, 0.25) is 0 Å². The number of allylic oxidation sites excluding steroid dienone is 4. The van der Waals surface area contributed by atoms with Crippen LogP contribution in [0, 0.1) is 0 Å². The highest BCUT2D eigenvalue weighted by molar-refractivity contribution is 7.74. The summed E-state index contributed by atoms with van der Waals surface area (Å²) in [5, 5.41) is 1.87. The number of hydrogen-bond acceptors (Lipinski definition) is 2. The monoisotopic (exact) mass is 396 g/mol. The van der Waals surface area contributed by atoms with Gasteiger partial charge in [0.05, 0.1) is 10.9 Å². The average Bonchev–Trinajstić information content (AvgIpc) is 3.03. The molecule has 0 radical (unpaired) electrons. The first-order valence-corrected chi connectivity index (χ1v) is 12.2. The zero-order valence-electron chi connectivity index (χ0n) is 17.2. The highest BCUT2D eigenvalue weighted by atomic mass is 31.1. The number of aromatic nitrogens is 2. The van der Waals surface area contributed by atoms with E-state index in [2.05, 4.69) is 84.0 Å². The van der Waals surface area contributed by atoms with Gasteiger partial charge in [-0.2, -0.15) is 0 Å². The van der Waals surface area contributed by atoms with Crippen LogP contribution in [-0.2, 0) is 0 Å². The molecule has 0 saturated carbocycles. The number of hydrogen-bond donors (Lipinski definition) is 0. The van der Waals surface area contributed by atoms with Gasteiger partial charge in [0.1, 0.15) is 0 Å². The molecule has 0 amide bonds. The van der Waals surface area contributed by atoms with Gasteiger partial charge in [-0.15, -0.1) is 0 Å². The Labute approximate surface area is 166 Å². The van der Waals surface area contributed by atoms with Crippen molar-refractivity contribution in [2.75, 3.05) is 0 Å². The van der Waals surface area contributed by atoms with E-state index in [1.807, 2.05) is 24.5 Å². The molecule has 2 aromatic rings. The Balaban J connectivity index is 2.07. The molecule has 4 heteroatoms. The lowest BCUT2D eigenvalue weighted by molar-refractivity contribution is 0.779. The maximum atomic E-state index is 4.78. The average molecular weight is 396 g/mol. The summed E-state index contributed by atoms with van der Waals surface area (Å²) < 4.78 is 0. The van der Waals surface area contributed by atoms with Crippen molar-refractivity contribution in [3.63, 3.8) is 0 Å². The van der Waals surface area contributed by atoms with Crippen molar-refractivity contribution in [3.05, 3.63) is 72.3 Å². The highest BCUT2D eigenvalue weighted by Gasteiger charge is 2.41. The SMILES string of the molecule is CC(C)(C)P(C1=CC=CC1P(c1ccccn1)C(C)(C)C)c1ccccn1. The first-order chi connectivity index (χ1) is 12.7. The maximum Gasteiger partial charge on any atom is 0.0678 e. The van der Waals surface area contributed by atoms with Crippen LogP contribution in [0.4, 0.5) is 0 Å². The fraction of sp³-hybridized carbons (Fsp3) is 0.391. The third-order valence-electron chi connectivity index (χ3n) is 4.57. The molecule has 0 N–H and O–H groups in total. The van der Waals surface area contributed by atoms with Crippen LogP contribution in [0.25, 0.3) is 0 Å². The molecule has 2 nitrogen and oxygen atoms in total. The Hall–Kier alpha value is -1.36. The fourth-order valence-corrected chi connectivity index (χ4v) is 9.92. The number of rotatable bonds is 4. The summed E-state index contributed by atoms with van der Waals surface area (Å²) in [4.78, 5) is 9.55. The van der Waals surface area contributed by atoms with E-state index >= 15 is 0 Å². The Morgan fingerprint density at radius 1 is 0.778 bits per heavy atom. The minimum Gasteiger partial charge on any atom is -0.256 e. The Bertz CT molecular complexity index is 815. The second-order valence-electron chi connectivity index (χ2n) is 8.84. The lowest BCUT2D eigenvalue weighted by atomic mass is 10.2. The third-order valence-corrected chi connectivity index (χ3v) is 11.0. The molecule has 3 atom stereocenters. The summed E-state index contributed by atoms with van der Waals surface area (Å²) in [5.41, 5.74) is 2.89. The largest absolute Gasteiger partial charge is 0.256 e. The van der Waals surface area contributed by atoms with Crippen molar-refractivity contribution in [2.24, 2.45) is 0 Å². The second-order valence-corrected chi connectivity index (χ2v) is 14.9. The Morgan fingerprint density at radius 2 is 1.37 bits per heavy atom. The zero-order chi connectivity index (χ0) is 19.7. The fourth-order valence-electron chi connectivity index (χ4n) is 3.63. The molecular formula is C23H30N2P2. The van der Waals surface area contributed by atoms with E-state index in [1.54, 1.807) is 5.31 Å².